The van der Waals surface area contributed by atoms with Crippen molar-refractivity contribution in [2.45, 2.75) is 31.7 Å². The molecule has 8 nitrogen and oxygen atoms in total. The second-order valence-corrected chi connectivity index (χ2v) is 9.52. The maximum atomic E-state index is 11.3. The summed E-state index contributed by atoms with van der Waals surface area (Å²) in [6, 6.07) is 13.7. The lowest BCUT2D eigenvalue weighted by Crippen LogP contribution is -2.37. The zero-order valence-corrected chi connectivity index (χ0v) is 20.7. The van der Waals surface area contributed by atoms with Crippen LogP contribution in [0, 0.1) is 0 Å². The van der Waals surface area contributed by atoms with Crippen LogP contribution >= 0.6 is 23.2 Å². The molecule has 2 aliphatic rings. The third-order valence-electron chi connectivity index (χ3n) is 6.22. The number of aromatic carboxylic acids is 1. The van der Waals surface area contributed by atoms with Crippen LogP contribution in [-0.2, 0) is 12.8 Å². The number of carboxylic acids is 1. The lowest BCUT2D eigenvalue weighted by Gasteiger charge is -2.25. The molecule has 5 rings (SSSR count). The maximum Gasteiger partial charge on any atom is 0.335 e. The van der Waals surface area contributed by atoms with Gasteiger partial charge in [-0.2, -0.15) is 0 Å². The van der Waals surface area contributed by atoms with Crippen molar-refractivity contribution < 1.29 is 19.4 Å². The van der Waals surface area contributed by atoms with Crippen molar-refractivity contribution in [1.82, 2.24) is 9.99 Å². The predicted molar refractivity (Wildman–Crippen MR) is 137 cm³/mol. The molecule has 10 heteroatoms. The van der Waals surface area contributed by atoms with Crippen molar-refractivity contribution >= 4 is 34.9 Å². The number of fused-ring (bicyclic) bond motifs is 2. The second kappa shape index (κ2) is 9.89. The number of nitrogens with zero attached hydrogens (tertiary/aromatic N) is 2. The summed E-state index contributed by atoms with van der Waals surface area (Å²) in [7, 11) is 0. The molecule has 1 saturated carbocycles. The summed E-state index contributed by atoms with van der Waals surface area (Å²) >= 11 is 12.8. The second-order valence-electron chi connectivity index (χ2n) is 8.71. The summed E-state index contributed by atoms with van der Waals surface area (Å²) in [5.74, 6) is 6.84. The number of carbonyl (C=O) groups is 1. The highest BCUT2D eigenvalue weighted by Crippen LogP contribution is 2.36. The average Bonchev–Trinajstić information content (AvgIpc) is 3.70. The van der Waals surface area contributed by atoms with E-state index in [9.17, 15) is 9.90 Å². The first kappa shape index (κ1) is 24.2. The molecular formula is C26H24Cl2N4O4. The molecule has 1 aromatic heterocycles. The molecule has 5 N–H and O–H groups in total. The molecule has 2 heterocycles. The molecule has 0 atom stereocenters. The third-order valence-corrected chi connectivity index (χ3v) is 6.85. The SMILES string of the molecule is N/C(=C(/COc1ccc2c(n1)CCc1ccc(C(=O)O)cc1O2)N(N)C1CC1)c1c(Cl)cccc1Cl. The van der Waals surface area contributed by atoms with Gasteiger partial charge in [-0.15, -0.1) is 0 Å². The molecule has 0 unspecified atom stereocenters. The fraction of sp³-hybridized carbons (Fsp3) is 0.231. The third kappa shape index (κ3) is 4.93. The van der Waals surface area contributed by atoms with Crippen LogP contribution in [-0.4, -0.2) is 33.7 Å². The zero-order chi connectivity index (χ0) is 25.4. The van der Waals surface area contributed by atoms with E-state index in [0.717, 1.165) is 18.4 Å². The molecule has 0 amide bonds. The summed E-state index contributed by atoms with van der Waals surface area (Å²) in [6.07, 6.45) is 3.18. The van der Waals surface area contributed by atoms with E-state index in [0.29, 0.717) is 62.9 Å². The number of rotatable bonds is 7. The first-order valence-corrected chi connectivity index (χ1v) is 12.2. The Bertz CT molecular complexity index is 1350. The molecular weight excluding hydrogens is 503 g/mol. The molecule has 0 spiro atoms. The molecule has 186 valence electrons. The van der Waals surface area contributed by atoms with Crippen LogP contribution in [0.15, 0.2) is 54.2 Å². The standard InChI is InChI=1S/C26H24Cl2N4O4/c27-17-2-1-3-18(28)24(17)25(29)20(32(30)16-7-8-16)13-35-23-11-10-21-19(31-23)9-6-14-4-5-15(26(33)34)12-22(14)36-21/h1-5,10-12,16H,6-9,13,29-30H2,(H,33,34)/b25-20-. The van der Waals surface area contributed by atoms with Gasteiger partial charge in [-0.25, -0.2) is 15.6 Å². The van der Waals surface area contributed by atoms with Gasteiger partial charge in [0.05, 0.1) is 32.7 Å². The van der Waals surface area contributed by atoms with E-state index in [1.807, 2.05) is 0 Å². The van der Waals surface area contributed by atoms with E-state index in [1.165, 1.54) is 6.07 Å². The molecule has 1 aliphatic heterocycles. The Balaban J connectivity index is 1.39. The minimum absolute atomic E-state index is 0.0647. The van der Waals surface area contributed by atoms with Crippen LogP contribution in [0.5, 0.6) is 17.4 Å². The van der Waals surface area contributed by atoms with E-state index in [4.69, 9.17) is 44.3 Å². The Hall–Kier alpha value is -3.46. The Morgan fingerprint density at radius 2 is 1.86 bits per heavy atom. The van der Waals surface area contributed by atoms with Crippen LogP contribution in [0.1, 0.15) is 40.0 Å². The largest absolute Gasteiger partial charge is 0.478 e. The van der Waals surface area contributed by atoms with Gasteiger partial charge in [0.15, 0.2) is 0 Å². The number of aromatic nitrogens is 1. The first-order chi connectivity index (χ1) is 17.3. The number of benzene rings is 2. The highest BCUT2D eigenvalue weighted by Gasteiger charge is 2.31. The number of hydrogen-bond acceptors (Lipinski definition) is 7. The number of pyridine rings is 1. The van der Waals surface area contributed by atoms with E-state index in [2.05, 4.69) is 4.98 Å². The molecule has 36 heavy (non-hydrogen) atoms. The fourth-order valence-corrected chi connectivity index (χ4v) is 4.69. The Kier molecular flexibility index (Phi) is 6.66. The number of aryl methyl sites for hydroxylation is 2. The van der Waals surface area contributed by atoms with Gasteiger partial charge in [-0.3, -0.25) is 0 Å². The van der Waals surface area contributed by atoms with E-state index < -0.39 is 5.97 Å². The number of halogens is 2. The number of hydrazine groups is 1. The summed E-state index contributed by atoms with van der Waals surface area (Å²) in [4.78, 5) is 16.0. The Morgan fingerprint density at radius 3 is 2.56 bits per heavy atom. The van der Waals surface area contributed by atoms with E-state index in [1.54, 1.807) is 47.5 Å². The van der Waals surface area contributed by atoms with Gasteiger partial charge in [0, 0.05) is 17.7 Å². The zero-order valence-electron chi connectivity index (χ0n) is 19.2. The molecule has 0 bridgehead atoms. The highest BCUT2D eigenvalue weighted by atomic mass is 35.5. The van der Waals surface area contributed by atoms with Crippen LogP contribution < -0.4 is 21.1 Å². The quantitative estimate of drug-likeness (QED) is 0.289. The predicted octanol–water partition coefficient (Wildman–Crippen LogP) is 5.02. The van der Waals surface area contributed by atoms with Crippen molar-refractivity contribution in [2.75, 3.05) is 6.61 Å². The maximum absolute atomic E-state index is 11.3. The molecule has 0 radical (unpaired) electrons. The minimum atomic E-state index is -1.01. The van der Waals surface area contributed by atoms with Crippen LogP contribution in [0.3, 0.4) is 0 Å². The van der Waals surface area contributed by atoms with E-state index in [-0.39, 0.29) is 18.2 Å². The molecule has 1 aliphatic carbocycles. The van der Waals surface area contributed by atoms with Gasteiger partial charge in [0.1, 0.15) is 18.1 Å². The van der Waals surface area contributed by atoms with Crippen molar-refractivity contribution in [2.24, 2.45) is 11.6 Å². The number of ether oxygens (including phenoxy) is 2. The average molecular weight is 527 g/mol. The van der Waals surface area contributed by atoms with E-state index >= 15 is 0 Å². The van der Waals surface area contributed by atoms with Gasteiger partial charge >= 0.3 is 5.97 Å². The summed E-state index contributed by atoms with van der Waals surface area (Å²) in [5, 5.41) is 11.8. The number of carboxylic acid groups (broad SMARTS) is 1. The van der Waals surface area contributed by atoms with Gasteiger partial charge in [0.25, 0.3) is 0 Å². The van der Waals surface area contributed by atoms with Crippen LogP contribution in [0.2, 0.25) is 10.0 Å². The number of hydrogen-bond donors (Lipinski definition) is 3. The molecule has 3 aromatic rings. The monoisotopic (exact) mass is 526 g/mol. The summed E-state index contributed by atoms with van der Waals surface area (Å²) in [6.45, 7) is 0.0647. The lowest BCUT2D eigenvalue weighted by atomic mass is 10.1. The minimum Gasteiger partial charge on any atom is -0.478 e. The van der Waals surface area contributed by atoms with Crippen molar-refractivity contribution in [3.8, 4) is 17.4 Å². The van der Waals surface area contributed by atoms with Gasteiger partial charge in [0.2, 0.25) is 5.88 Å². The normalized spacial score (nSPS) is 15.1. The van der Waals surface area contributed by atoms with Crippen LogP contribution in [0.4, 0.5) is 0 Å². The van der Waals surface area contributed by atoms with Gasteiger partial charge < -0.3 is 25.3 Å². The first-order valence-electron chi connectivity index (χ1n) is 11.5. The van der Waals surface area contributed by atoms with Gasteiger partial charge in [-0.05, 0) is 61.6 Å². The topological polar surface area (TPSA) is 124 Å². The molecule has 2 aromatic carbocycles. The van der Waals surface area contributed by atoms with Crippen molar-refractivity contribution in [3.05, 3.63) is 86.7 Å². The van der Waals surface area contributed by atoms with Crippen LogP contribution in [0.25, 0.3) is 5.70 Å². The fourth-order valence-electron chi connectivity index (χ4n) is 4.09. The van der Waals surface area contributed by atoms with Gasteiger partial charge in [-0.1, -0.05) is 35.3 Å². The Morgan fingerprint density at radius 1 is 1.11 bits per heavy atom. The Labute approximate surface area is 218 Å². The van der Waals surface area contributed by atoms with Crippen molar-refractivity contribution in [3.63, 3.8) is 0 Å². The lowest BCUT2D eigenvalue weighted by molar-refractivity contribution is 0.0696. The highest BCUT2D eigenvalue weighted by molar-refractivity contribution is 6.37. The van der Waals surface area contributed by atoms with Crippen molar-refractivity contribution in [1.29, 1.82) is 0 Å². The molecule has 1 fully saturated rings. The molecule has 0 saturated heterocycles. The smallest absolute Gasteiger partial charge is 0.335 e. The number of nitrogens with two attached hydrogens (primary N) is 2. The summed E-state index contributed by atoms with van der Waals surface area (Å²) in [5.41, 5.74) is 9.73. The summed E-state index contributed by atoms with van der Waals surface area (Å²) < 4.78 is 12.0.